The first kappa shape index (κ1) is 10.2. The van der Waals surface area contributed by atoms with Gasteiger partial charge in [-0.1, -0.05) is 42.5 Å². The van der Waals surface area contributed by atoms with Crippen molar-refractivity contribution in [3.63, 3.8) is 0 Å². The maximum Gasteiger partial charge on any atom is 0.157 e. The van der Waals surface area contributed by atoms with Crippen molar-refractivity contribution in [2.24, 2.45) is 0 Å². The summed E-state index contributed by atoms with van der Waals surface area (Å²) in [6.45, 7) is 1.75. The quantitative estimate of drug-likeness (QED) is 0.697. The Balaban J connectivity index is 1.83. The van der Waals surface area contributed by atoms with Crippen LogP contribution < -0.4 is 4.90 Å². The molecule has 0 saturated carbocycles. The molecule has 18 heavy (non-hydrogen) atoms. The van der Waals surface area contributed by atoms with Crippen LogP contribution in [0.15, 0.2) is 48.5 Å². The van der Waals surface area contributed by atoms with Crippen LogP contribution in [0.5, 0.6) is 0 Å². The van der Waals surface area contributed by atoms with Crippen molar-refractivity contribution in [2.45, 2.75) is 19.3 Å². The Morgan fingerprint density at radius 3 is 2.67 bits per heavy atom. The lowest BCUT2D eigenvalue weighted by Gasteiger charge is -2.42. The Bertz CT molecular complexity index is 540. The monoisotopic (exact) mass is 237 g/mol. The molecule has 0 radical (unpaired) electrons. The van der Waals surface area contributed by atoms with Crippen molar-refractivity contribution in [3.8, 4) is 0 Å². The zero-order chi connectivity index (χ0) is 11.9. The Hall–Kier alpha value is -1.80. The maximum absolute atomic E-state index is 6.06. The van der Waals surface area contributed by atoms with Crippen LogP contribution in [0.3, 0.4) is 0 Å². The minimum atomic E-state index is 0.102. The zero-order valence-electron chi connectivity index (χ0n) is 10.2. The summed E-state index contributed by atoms with van der Waals surface area (Å²) >= 11 is 0. The predicted octanol–water partition coefficient (Wildman–Crippen LogP) is 3.28. The van der Waals surface area contributed by atoms with Crippen molar-refractivity contribution in [1.29, 1.82) is 0 Å². The van der Waals surface area contributed by atoms with Crippen LogP contribution in [0.25, 0.3) is 0 Å². The third kappa shape index (κ3) is 1.39. The molecule has 2 aliphatic rings. The molecule has 0 saturated heterocycles. The summed E-state index contributed by atoms with van der Waals surface area (Å²) in [4.78, 5) is 2.39. The molecule has 2 aliphatic heterocycles. The molecule has 0 aliphatic carbocycles. The summed E-state index contributed by atoms with van der Waals surface area (Å²) in [6, 6.07) is 17.2. The van der Waals surface area contributed by atoms with E-state index in [1.54, 1.807) is 0 Å². The third-order valence-electron chi connectivity index (χ3n) is 3.92. The molecule has 2 heteroatoms. The molecule has 0 aromatic heterocycles. The Morgan fingerprint density at radius 1 is 0.944 bits per heavy atom. The molecule has 4 rings (SSSR count). The van der Waals surface area contributed by atoms with E-state index in [1.165, 1.54) is 22.4 Å². The number of ether oxygens (including phenoxy) is 1. The van der Waals surface area contributed by atoms with Crippen molar-refractivity contribution < 1.29 is 4.74 Å². The van der Waals surface area contributed by atoms with Gasteiger partial charge in [-0.25, -0.2) is 0 Å². The van der Waals surface area contributed by atoms with Gasteiger partial charge in [0.2, 0.25) is 0 Å². The Kier molecular flexibility index (Phi) is 2.17. The molecular weight excluding hydrogens is 222 g/mol. The topological polar surface area (TPSA) is 12.5 Å². The van der Waals surface area contributed by atoms with E-state index >= 15 is 0 Å². The van der Waals surface area contributed by atoms with E-state index in [1.807, 2.05) is 0 Å². The maximum atomic E-state index is 6.06. The standard InChI is InChI=1S/C16H15NO/c1-3-7-14-12(5-1)9-10-17-15-8-4-2-6-13(15)11-18-16(14)17/h1-8,16H,9-11H2. The van der Waals surface area contributed by atoms with E-state index in [0.717, 1.165) is 13.0 Å². The second-order valence-electron chi connectivity index (χ2n) is 4.93. The molecule has 1 unspecified atom stereocenters. The van der Waals surface area contributed by atoms with E-state index < -0.39 is 0 Å². The number of anilines is 1. The number of fused-ring (bicyclic) bond motifs is 5. The van der Waals surface area contributed by atoms with Gasteiger partial charge in [-0.2, -0.15) is 0 Å². The van der Waals surface area contributed by atoms with Crippen LogP contribution in [-0.4, -0.2) is 6.54 Å². The largest absolute Gasteiger partial charge is 0.349 e. The SMILES string of the molecule is c1ccc2c(c1)CCN1c3ccccc3COC21. The molecule has 2 aromatic rings. The molecule has 0 amide bonds. The predicted molar refractivity (Wildman–Crippen MR) is 71.5 cm³/mol. The number of hydrogen-bond acceptors (Lipinski definition) is 2. The Labute approximate surface area is 107 Å². The number of para-hydroxylation sites is 1. The summed E-state index contributed by atoms with van der Waals surface area (Å²) in [6.07, 6.45) is 1.20. The number of rotatable bonds is 0. The smallest absolute Gasteiger partial charge is 0.157 e. The summed E-state index contributed by atoms with van der Waals surface area (Å²) in [5, 5.41) is 0. The highest BCUT2D eigenvalue weighted by Crippen LogP contribution is 2.40. The number of nitrogens with zero attached hydrogens (tertiary/aromatic N) is 1. The molecule has 0 bridgehead atoms. The first-order valence-electron chi connectivity index (χ1n) is 6.47. The van der Waals surface area contributed by atoms with Gasteiger partial charge in [0, 0.05) is 23.4 Å². The summed E-state index contributed by atoms with van der Waals surface area (Å²) in [5.74, 6) is 0. The van der Waals surface area contributed by atoms with Crippen LogP contribution in [0, 0.1) is 0 Å². The van der Waals surface area contributed by atoms with Gasteiger partial charge >= 0.3 is 0 Å². The van der Waals surface area contributed by atoms with E-state index in [4.69, 9.17) is 4.74 Å². The van der Waals surface area contributed by atoms with Crippen LogP contribution in [0.1, 0.15) is 22.9 Å². The second kappa shape index (κ2) is 3.85. The molecule has 2 nitrogen and oxygen atoms in total. The third-order valence-corrected chi connectivity index (χ3v) is 3.92. The second-order valence-corrected chi connectivity index (χ2v) is 4.93. The minimum absolute atomic E-state index is 0.102. The lowest BCUT2D eigenvalue weighted by molar-refractivity contribution is 0.0230. The van der Waals surface area contributed by atoms with Gasteiger partial charge in [0.05, 0.1) is 6.61 Å². The summed E-state index contributed by atoms with van der Waals surface area (Å²) < 4.78 is 6.06. The lowest BCUT2D eigenvalue weighted by Crippen LogP contribution is -2.39. The molecule has 1 atom stereocenters. The lowest BCUT2D eigenvalue weighted by atomic mass is 9.96. The average Bonchev–Trinajstić information content (AvgIpc) is 2.46. The highest BCUT2D eigenvalue weighted by molar-refractivity contribution is 5.58. The van der Waals surface area contributed by atoms with Gasteiger partial charge in [0.15, 0.2) is 6.23 Å². The molecular formula is C16H15NO. The highest BCUT2D eigenvalue weighted by atomic mass is 16.5. The molecule has 2 aromatic carbocycles. The van der Waals surface area contributed by atoms with E-state index in [9.17, 15) is 0 Å². The highest BCUT2D eigenvalue weighted by Gasteiger charge is 2.32. The van der Waals surface area contributed by atoms with Gasteiger partial charge < -0.3 is 9.64 Å². The minimum Gasteiger partial charge on any atom is -0.349 e. The van der Waals surface area contributed by atoms with E-state index in [2.05, 4.69) is 53.4 Å². The average molecular weight is 237 g/mol. The van der Waals surface area contributed by atoms with Crippen LogP contribution in [0.4, 0.5) is 5.69 Å². The summed E-state index contributed by atoms with van der Waals surface area (Å²) in [7, 11) is 0. The Morgan fingerprint density at radius 2 is 1.72 bits per heavy atom. The van der Waals surface area contributed by atoms with Crippen molar-refractivity contribution in [1.82, 2.24) is 0 Å². The fourth-order valence-corrected chi connectivity index (χ4v) is 3.04. The summed E-state index contributed by atoms with van der Waals surface area (Å²) in [5.41, 5.74) is 5.40. The molecule has 2 heterocycles. The van der Waals surface area contributed by atoms with Gasteiger partial charge in [0.25, 0.3) is 0 Å². The normalized spacial score (nSPS) is 20.9. The molecule has 0 fully saturated rings. The van der Waals surface area contributed by atoms with E-state index in [-0.39, 0.29) is 6.23 Å². The van der Waals surface area contributed by atoms with Gasteiger partial charge in [-0.15, -0.1) is 0 Å². The van der Waals surface area contributed by atoms with E-state index in [0.29, 0.717) is 6.61 Å². The molecule has 0 spiro atoms. The van der Waals surface area contributed by atoms with Gasteiger partial charge in [0.1, 0.15) is 0 Å². The number of hydrogen-bond donors (Lipinski definition) is 0. The number of benzene rings is 2. The van der Waals surface area contributed by atoms with Crippen molar-refractivity contribution in [3.05, 3.63) is 65.2 Å². The van der Waals surface area contributed by atoms with Gasteiger partial charge in [-0.3, -0.25) is 0 Å². The van der Waals surface area contributed by atoms with Gasteiger partial charge in [-0.05, 0) is 18.1 Å². The van der Waals surface area contributed by atoms with Crippen LogP contribution in [-0.2, 0) is 17.8 Å². The van der Waals surface area contributed by atoms with Crippen molar-refractivity contribution in [2.75, 3.05) is 11.4 Å². The van der Waals surface area contributed by atoms with Crippen molar-refractivity contribution >= 4 is 5.69 Å². The zero-order valence-corrected chi connectivity index (χ0v) is 10.2. The fourth-order valence-electron chi connectivity index (χ4n) is 3.04. The first-order chi connectivity index (χ1) is 8.93. The van der Waals surface area contributed by atoms with Crippen LogP contribution >= 0.6 is 0 Å². The fraction of sp³-hybridized carbons (Fsp3) is 0.250. The van der Waals surface area contributed by atoms with Crippen LogP contribution in [0.2, 0.25) is 0 Å². The molecule has 90 valence electrons. The first-order valence-corrected chi connectivity index (χ1v) is 6.47. The molecule has 0 N–H and O–H groups in total.